The van der Waals surface area contributed by atoms with Gasteiger partial charge in [-0.05, 0) is 36.8 Å². The minimum absolute atomic E-state index is 0. The maximum atomic E-state index is 13.4. The molecule has 0 bridgehead atoms. The van der Waals surface area contributed by atoms with Gasteiger partial charge in [0.1, 0.15) is 0 Å². The molecule has 0 saturated carbocycles. The van der Waals surface area contributed by atoms with Crippen molar-refractivity contribution in [3.8, 4) is 5.75 Å². The van der Waals surface area contributed by atoms with Gasteiger partial charge in [0.05, 0.1) is 11.5 Å². The van der Waals surface area contributed by atoms with Gasteiger partial charge in [-0.25, -0.2) is 17.5 Å². The second-order valence-corrected chi connectivity index (χ2v) is 7.41. The molecule has 0 heterocycles. The molecule has 0 radical (unpaired) electrons. The molecule has 0 aliphatic carbocycles. The zero-order chi connectivity index (χ0) is 19.7. The molecular formula is C18H23ClFN3O4S. The molecule has 2 aromatic rings. The highest BCUT2D eigenvalue weighted by Crippen LogP contribution is 2.17. The van der Waals surface area contributed by atoms with Gasteiger partial charge in [-0.15, -0.1) is 12.4 Å². The van der Waals surface area contributed by atoms with Gasteiger partial charge in [0.15, 0.2) is 11.6 Å². The lowest BCUT2D eigenvalue weighted by molar-refractivity contribution is -0.116. The van der Waals surface area contributed by atoms with E-state index < -0.39 is 15.8 Å². The molecule has 0 spiro atoms. The van der Waals surface area contributed by atoms with E-state index in [2.05, 4.69) is 10.0 Å². The van der Waals surface area contributed by atoms with Crippen LogP contribution in [0.4, 0.5) is 10.1 Å². The molecule has 0 aliphatic heterocycles. The van der Waals surface area contributed by atoms with Crippen LogP contribution in [0.2, 0.25) is 0 Å². The third-order valence-electron chi connectivity index (χ3n) is 3.51. The molecular weight excluding hydrogens is 409 g/mol. The molecule has 0 atom stereocenters. The average molecular weight is 432 g/mol. The number of nitrogens with two attached hydrogens (primary N) is 1. The fraction of sp³-hybridized carbons (Fsp3) is 0.278. The van der Waals surface area contributed by atoms with Crippen molar-refractivity contribution in [2.75, 3.05) is 25.0 Å². The number of amides is 1. The van der Waals surface area contributed by atoms with Gasteiger partial charge in [-0.2, -0.15) is 0 Å². The molecule has 0 unspecified atom stereocenters. The monoisotopic (exact) mass is 431 g/mol. The van der Waals surface area contributed by atoms with Crippen LogP contribution in [-0.4, -0.2) is 34.0 Å². The van der Waals surface area contributed by atoms with E-state index in [1.54, 1.807) is 18.2 Å². The third kappa shape index (κ3) is 7.43. The number of carbonyl (C=O) groups excluding carboxylic acids is 1. The summed E-state index contributed by atoms with van der Waals surface area (Å²) >= 11 is 0. The first-order valence-electron chi connectivity index (χ1n) is 8.39. The zero-order valence-electron chi connectivity index (χ0n) is 15.1. The quantitative estimate of drug-likeness (QED) is 0.500. The van der Waals surface area contributed by atoms with Gasteiger partial charge < -0.3 is 15.8 Å². The summed E-state index contributed by atoms with van der Waals surface area (Å²) in [5.74, 6) is -0.611. The Morgan fingerprint density at radius 3 is 2.61 bits per heavy atom. The average Bonchev–Trinajstić information content (AvgIpc) is 2.65. The molecule has 28 heavy (non-hydrogen) atoms. The van der Waals surface area contributed by atoms with E-state index >= 15 is 0 Å². The lowest BCUT2D eigenvalue weighted by atomic mass is 10.2. The first kappa shape index (κ1) is 23.8. The summed E-state index contributed by atoms with van der Waals surface area (Å²) in [5, 5.41) is 2.64. The Morgan fingerprint density at radius 2 is 1.89 bits per heavy atom. The van der Waals surface area contributed by atoms with Crippen molar-refractivity contribution < 1.29 is 22.3 Å². The molecule has 2 rings (SSSR count). The van der Waals surface area contributed by atoms with Crippen molar-refractivity contribution in [1.82, 2.24) is 4.72 Å². The summed E-state index contributed by atoms with van der Waals surface area (Å²) in [6.07, 6.45) is 0.535. The van der Waals surface area contributed by atoms with E-state index in [4.69, 9.17) is 10.5 Å². The van der Waals surface area contributed by atoms with Crippen LogP contribution in [0.15, 0.2) is 53.4 Å². The van der Waals surface area contributed by atoms with Gasteiger partial charge in [0.25, 0.3) is 0 Å². The van der Waals surface area contributed by atoms with Crippen LogP contribution < -0.4 is 20.5 Å². The van der Waals surface area contributed by atoms with Crippen molar-refractivity contribution in [1.29, 1.82) is 0 Å². The highest BCUT2D eigenvalue weighted by Gasteiger charge is 2.14. The molecule has 0 aliphatic rings. The smallest absolute Gasteiger partial charge is 0.240 e. The maximum Gasteiger partial charge on any atom is 0.240 e. The summed E-state index contributed by atoms with van der Waals surface area (Å²) in [7, 11) is -3.67. The van der Waals surface area contributed by atoms with Crippen molar-refractivity contribution in [3.63, 3.8) is 0 Å². The lowest BCUT2D eigenvalue weighted by Gasteiger charge is -2.09. The van der Waals surface area contributed by atoms with E-state index in [1.807, 2.05) is 0 Å². The van der Waals surface area contributed by atoms with Crippen LogP contribution in [0.1, 0.15) is 12.8 Å². The normalized spacial score (nSPS) is 10.8. The second kappa shape index (κ2) is 11.6. The number of nitrogens with one attached hydrogen (secondary N) is 2. The van der Waals surface area contributed by atoms with Gasteiger partial charge in [0.2, 0.25) is 15.9 Å². The van der Waals surface area contributed by atoms with Crippen molar-refractivity contribution in [2.45, 2.75) is 17.7 Å². The molecule has 1 amide bonds. The first-order valence-corrected chi connectivity index (χ1v) is 9.87. The molecule has 0 saturated heterocycles. The Balaban J connectivity index is 0.00000392. The molecule has 0 fully saturated rings. The number of carbonyl (C=O) groups is 1. The van der Waals surface area contributed by atoms with Crippen LogP contribution in [-0.2, 0) is 14.8 Å². The predicted molar refractivity (Wildman–Crippen MR) is 108 cm³/mol. The predicted octanol–water partition coefficient (Wildman–Crippen LogP) is 2.28. The minimum atomic E-state index is -3.67. The number of ether oxygens (including phenoxy) is 1. The van der Waals surface area contributed by atoms with Gasteiger partial charge in [-0.1, -0.05) is 18.2 Å². The van der Waals surface area contributed by atoms with Gasteiger partial charge in [0, 0.05) is 25.2 Å². The minimum Gasteiger partial charge on any atom is -0.491 e. The van der Waals surface area contributed by atoms with Crippen LogP contribution in [0.5, 0.6) is 5.75 Å². The van der Waals surface area contributed by atoms with Crippen LogP contribution in [0.3, 0.4) is 0 Å². The van der Waals surface area contributed by atoms with Gasteiger partial charge in [-0.3, -0.25) is 4.79 Å². The number of rotatable bonds is 10. The number of benzene rings is 2. The SMILES string of the molecule is Cl.NCCNS(=O)(=O)c1cccc(NC(=O)CCCOc2ccccc2F)c1. The molecule has 154 valence electrons. The lowest BCUT2D eigenvalue weighted by Crippen LogP contribution is -2.29. The summed E-state index contributed by atoms with van der Waals surface area (Å²) in [4.78, 5) is 12.0. The Bertz CT molecular complexity index is 881. The van der Waals surface area contributed by atoms with Crippen LogP contribution in [0, 0.1) is 5.82 Å². The molecule has 7 nitrogen and oxygen atoms in total. The van der Waals surface area contributed by atoms with E-state index in [0.29, 0.717) is 12.1 Å². The summed E-state index contributed by atoms with van der Waals surface area (Å²) < 4.78 is 45.2. The van der Waals surface area contributed by atoms with Gasteiger partial charge >= 0.3 is 0 Å². The molecule has 0 aromatic heterocycles. The maximum absolute atomic E-state index is 13.4. The zero-order valence-corrected chi connectivity index (χ0v) is 16.7. The Labute approximate surface area is 169 Å². The van der Waals surface area contributed by atoms with Crippen molar-refractivity contribution in [3.05, 3.63) is 54.3 Å². The number of sulfonamides is 1. The summed E-state index contributed by atoms with van der Waals surface area (Å²) in [6, 6.07) is 12.0. The fourth-order valence-corrected chi connectivity index (χ4v) is 3.31. The fourth-order valence-electron chi connectivity index (χ4n) is 2.22. The van der Waals surface area contributed by atoms with E-state index in [-0.39, 0.29) is 55.1 Å². The largest absolute Gasteiger partial charge is 0.491 e. The number of halogens is 2. The highest BCUT2D eigenvalue weighted by molar-refractivity contribution is 7.89. The van der Waals surface area contributed by atoms with E-state index in [0.717, 1.165) is 0 Å². The Morgan fingerprint density at radius 1 is 1.14 bits per heavy atom. The third-order valence-corrected chi connectivity index (χ3v) is 4.97. The van der Waals surface area contributed by atoms with Crippen molar-refractivity contribution in [2.24, 2.45) is 5.73 Å². The Kier molecular flexibility index (Phi) is 9.88. The van der Waals surface area contributed by atoms with Crippen LogP contribution >= 0.6 is 12.4 Å². The van der Waals surface area contributed by atoms with Crippen molar-refractivity contribution >= 4 is 34.0 Å². The standard InChI is InChI=1S/C18H22FN3O4S.ClH/c19-16-7-1-2-8-17(16)26-12-4-9-18(23)22-14-5-3-6-15(13-14)27(24,25)21-11-10-20;/h1-3,5-8,13,21H,4,9-12,20H2,(H,22,23);1H. The number of hydrogen-bond acceptors (Lipinski definition) is 5. The first-order chi connectivity index (χ1) is 12.9. The second-order valence-electron chi connectivity index (χ2n) is 5.64. The number of para-hydroxylation sites is 1. The summed E-state index contributed by atoms with van der Waals surface area (Å²) in [6.45, 7) is 0.497. The molecule has 4 N–H and O–H groups in total. The molecule has 2 aromatic carbocycles. The summed E-state index contributed by atoms with van der Waals surface area (Å²) in [5.41, 5.74) is 5.66. The molecule has 10 heteroatoms. The number of hydrogen-bond donors (Lipinski definition) is 3. The topological polar surface area (TPSA) is 111 Å². The van der Waals surface area contributed by atoms with Crippen LogP contribution in [0.25, 0.3) is 0 Å². The van der Waals surface area contributed by atoms with E-state index in [1.165, 1.54) is 30.3 Å². The highest BCUT2D eigenvalue weighted by atomic mass is 35.5. The Hall–Kier alpha value is -2.20. The van der Waals surface area contributed by atoms with E-state index in [9.17, 15) is 17.6 Å². The number of anilines is 1.